The van der Waals surface area contributed by atoms with Crippen LogP contribution in [-0.2, 0) is 4.79 Å². The molecule has 2 aromatic carbocycles. The molecule has 0 aliphatic carbocycles. The van der Waals surface area contributed by atoms with Gasteiger partial charge in [-0.1, -0.05) is 52.3 Å². The van der Waals surface area contributed by atoms with Crippen molar-refractivity contribution in [2.24, 2.45) is 0 Å². The molecule has 5 nitrogen and oxygen atoms in total. The second-order valence-electron chi connectivity index (χ2n) is 6.67. The highest BCUT2D eigenvalue weighted by Gasteiger charge is 2.23. The second-order valence-corrected chi connectivity index (χ2v) is 7.58. The van der Waals surface area contributed by atoms with Crippen molar-refractivity contribution in [3.63, 3.8) is 0 Å². The molecule has 0 aromatic heterocycles. The fourth-order valence-corrected chi connectivity index (χ4v) is 3.75. The van der Waals surface area contributed by atoms with Crippen LogP contribution in [-0.4, -0.2) is 42.9 Å². The first-order valence-corrected chi connectivity index (χ1v) is 10.0. The minimum Gasteiger partial charge on any atom is -0.353 e. The number of carbonyl (C=O) groups is 2. The van der Waals surface area contributed by atoms with Gasteiger partial charge < -0.3 is 10.6 Å². The van der Waals surface area contributed by atoms with Crippen LogP contribution in [0.4, 0.5) is 0 Å². The molecule has 0 spiro atoms. The molecule has 142 valence electrons. The summed E-state index contributed by atoms with van der Waals surface area (Å²) in [6.45, 7) is 2.60. The normalized spacial score (nSPS) is 15.3. The van der Waals surface area contributed by atoms with E-state index in [0.29, 0.717) is 12.1 Å². The van der Waals surface area contributed by atoms with Crippen molar-refractivity contribution in [2.75, 3.05) is 26.2 Å². The minimum atomic E-state index is -0.259. The van der Waals surface area contributed by atoms with Crippen LogP contribution in [0.2, 0.25) is 0 Å². The van der Waals surface area contributed by atoms with Gasteiger partial charge >= 0.3 is 0 Å². The fraction of sp³-hybridized carbons (Fsp3) is 0.333. The van der Waals surface area contributed by atoms with E-state index in [1.54, 1.807) is 18.2 Å². The Kier molecular flexibility index (Phi) is 7.01. The summed E-state index contributed by atoms with van der Waals surface area (Å²) < 4.78 is 0.830. The Balaban J connectivity index is 1.52. The number of likely N-dealkylation sites (tertiary alicyclic amines) is 1. The molecule has 0 unspecified atom stereocenters. The SMILES string of the molecule is O=C(CNC(=O)c1cccc(Br)c1)NC[C@@H](c1ccccc1)N1CCCC1. The Bertz CT molecular complexity index is 776. The van der Waals surface area contributed by atoms with Crippen molar-refractivity contribution in [3.05, 3.63) is 70.2 Å². The molecule has 1 aliphatic heterocycles. The van der Waals surface area contributed by atoms with Gasteiger partial charge in [-0.2, -0.15) is 0 Å². The topological polar surface area (TPSA) is 61.4 Å². The van der Waals surface area contributed by atoms with Crippen molar-refractivity contribution < 1.29 is 9.59 Å². The van der Waals surface area contributed by atoms with Crippen LogP contribution in [0.25, 0.3) is 0 Å². The number of carbonyl (C=O) groups excluding carboxylic acids is 2. The van der Waals surface area contributed by atoms with E-state index in [-0.39, 0.29) is 24.4 Å². The number of hydrogen-bond acceptors (Lipinski definition) is 3. The smallest absolute Gasteiger partial charge is 0.251 e. The Morgan fingerprint density at radius 2 is 1.74 bits per heavy atom. The number of nitrogens with one attached hydrogen (secondary N) is 2. The zero-order valence-electron chi connectivity index (χ0n) is 15.2. The Labute approximate surface area is 168 Å². The van der Waals surface area contributed by atoms with Crippen molar-refractivity contribution >= 4 is 27.7 Å². The lowest BCUT2D eigenvalue weighted by Gasteiger charge is -2.28. The third kappa shape index (κ3) is 5.65. The Hall–Kier alpha value is -2.18. The highest BCUT2D eigenvalue weighted by molar-refractivity contribution is 9.10. The van der Waals surface area contributed by atoms with Gasteiger partial charge in [0.1, 0.15) is 0 Å². The highest BCUT2D eigenvalue weighted by Crippen LogP contribution is 2.24. The highest BCUT2D eigenvalue weighted by atomic mass is 79.9. The lowest BCUT2D eigenvalue weighted by molar-refractivity contribution is -0.120. The van der Waals surface area contributed by atoms with Crippen molar-refractivity contribution in [1.29, 1.82) is 0 Å². The summed E-state index contributed by atoms with van der Waals surface area (Å²) in [7, 11) is 0. The number of halogens is 1. The third-order valence-corrected chi connectivity index (χ3v) is 5.25. The zero-order chi connectivity index (χ0) is 19.1. The van der Waals surface area contributed by atoms with Gasteiger partial charge in [-0.3, -0.25) is 14.5 Å². The molecule has 3 rings (SSSR count). The first-order chi connectivity index (χ1) is 13.1. The number of rotatable bonds is 7. The van der Waals surface area contributed by atoms with Gasteiger partial charge in [0.2, 0.25) is 5.91 Å². The van der Waals surface area contributed by atoms with E-state index in [0.717, 1.165) is 17.6 Å². The molecular formula is C21H24BrN3O2. The lowest BCUT2D eigenvalue weighted by Crippen LogP contribution is -2.41. The maximum atomic E-state index is 12.2. The first kappa shape index (κ1) is 19.6. The van der Waals surface area contributed by atoms with Gasteiger partial charge in [-0.05, 0) is 49.7 Å². The van der Waals surface area contributed by atoms with Crippen molar-refractivity contribution in [3.8, 4) is 0 Å². The molecule has 1 heterocycles. The van der Waals surface area contributed by atoms with Gasteiger partial charge in [0, 0.05) is 16.6 Å². The second kappa shape index (κ2) is 9.67. The average molecular weight is 430 g/mol. The van der Waals surface area contributed by atoms with E-state index in [1.807, 2.05) is 24.3 Å². The van der Waals surface area contributed by atoms with Gasteiger partial charge in [0.05, 0.1) is 12.6 Å². The molecule has 0 saturated carbocycles. The standard InChI is InChI=1S/C21H24BrN3O2/c22-18-10-6-9-17(13-18)21(27)24-15-20(26)23-14-19(25-11-4-5-12-25)16-7-2-1-3-8-16/h1-3,6-10,13,19H,4-5,11-12,14-15H2,(H,23,26)(H,24,27)/t19-/m0/s1. The molecule has 1 saturated heterocycles. The zero-order valence-corrected chi connectivity index (χ0v) is 16.7. The quantitative estimate of drug-likeness (QED) is 0.710. The van der Waals surface area contributed by atoms with Gasteiger partial charge in [-0.25, -0.2) is 0 Å². The molecule has 2 aromatic rings. The van der Waals surface area contributed by atoms with E-state index in [4.69, 9.17) is 0 Å². The summed E-state index contributed by atoms with van der Waals surface area (Å²) in [5.74, 6) is -0.441. The maximum absolute atomic E-state index is 12.2. The van der Waals surface area contributed by atoms with Crippen LogP contribution in [0.15, 0.2) is 59.1 Å². The minimum absolute atomic E-state index is 0.0349. The van der Waals surface area contributed by atoms with Crippen LogP contribution < -0.4 is 10.6 Å². The average Bonchev–Trinajstić information content (AvgIpc) is 3.21. The maximum Gasteiger partial charge on any atom is 0.251 e. The summed E-state index contributed by atoms with van der Waals surface area (Å²) in [6, 6.07) is 17.5. The van der Waals surface area contributed by atoms with Gasteiger partial charge in [-0.15, -0.1) is 0 Å². The number of benzene rings is 2. The summed E-state index contributed by atoms with van der Waals surface area (Å²) in [6.07, 6.45) is 2.39. The predicted octanol–water partition coefficient (Wildman–Crippen LogP) is 3.13. The molecule has 27 heavy (non-hydrogen) atoms. The molecule has 6 heteroatoms. The van der Waals surface area contributed by atoms with Crippen LogP contribution >= 0.6 is 15.9 Å². The number of hydrogen-bond donors (Lipinski definition) is 2. The molecular weight excluding hydrogens is 406 g/mol. The van der Waals surface area contributed by atoms with Crippen LogP contribution in [0.3, 0.4) is 0 Å². The Morgan fingerprint density at radius 3 is 2.44 bits per heavy atom. The Morgan fingerprint density at radius 1 is 1.00 bits per heavy atom. The molecule has 0 radical (unpaired) electrons. The third-order valence-electron chi connectivity index (χ3n) is 4.75. The summed E-state index contributed by atoms with van der Waals surface area (Å²) in [5, 5.41) is 5.65. The number of amides is 2. The van der Waals surface area contributed by atoms with E-state index >= 15 is 0 Å². The summed E-state index contributed by atoms with van der Waals surface area (Å²) in [4.78, 5) is 26.8. The first-order valence-electron chi connectivity index (χ1n) is 9.23. The van der Waals surface area contributed by atoms with Gasteiger partial charge in [0.25, 0.3) is 5.91 Å². The molecule has 2 amide bonds. The van der Waals surface area contributed by atoms with E-state index < -0.39 is 0 Å². The largest absolute Gasteiger partial charge is 0.353 e. The molecule has 2 N–H and O–H groups in total. The van der Waals surface area contributed by atoms with Crippen molar-refractivity contribution in [2.45, 2.75) is 18.9 Å². The molecule has 0 bridgehead atoms. The summed E-state index contributed by atoms with van der Waals surface area (Å²) >= 11 is 3.34. The van der Waals surface area contributed by atoms with Gasteiger partial charge in [0.15, 0.2) is 0 Å². The van der Waals surface area contributed by atoms with E-state index in [2.05, 4.69) is 43.6 Å². The lowest BCUT2D eigenvalue weighted by atomic mass is 10.1. The van der Waals surface area contributed by atoms with Crippen molar-refractivity contribution in [1.82, 2.24) is 15.5 Å². The monoisotopic (exact) mass is 429 g/mol. The molecule has 1 aliphatic rings. The van der Waals surface area contributed by atoms with Crippen LogP contribution in [0.1, 0.15) is 34.8 Å². The van der Waals surface area contributed by atoms with Crippen LogP contribution in [0, 0.1) is 0 Å². The molecule has 1 fully saturated rings. The fourth-order valence-electron chi connectivity index (χ4n) is 3.35. The van der Waals surface area contributed by atoms with E-state index in [9.17, 15) is 9.59 Å². The molecule has 1 atom stereocenters. The van der Waals surface area contributed by atoms with E-state index in [1.165, 1.54) is 18.4 Å². The number of nitrogens with zero attached hydrogens (tertiary/aromatic N) is 1. The summed E-state index contributed by atoms with van der Waals surface area (Å²) in [5.41, 5.74) is 1.73. The van der Waals surface area contributed by atoms with Crippen LogP contribution in [0.5, 0.6) is 0 Å². The predicted molar refractivity (Wildman–Crippen MR) is 109 cm³/mol.